The smallest absolute Gasteiger partial charge is 0.220 e. The van der Waals surface area contributed by atoms with E-state index >= 15 is 0 Å². The highest BCUT2D eigenvalue weighted by atomic mass is 16.2. The number of amides is 2. The molecule has 0 aromatic rings. The maximum atomic E-state index is 12.3. The number of hydrogen-bond donors (Lipinski definition) is 2. The van der Waals surface area contributed by atoms with Crippen molar-refractivity contribution in [3.05, 3.63) is 0 Å². The fraction of sp³-hybridized carbons (Fsp3) is 0.882. The summed E-state index contributed by atoms with van der Waals surface area (Å²) in [4.78, 5) is 23.5. The first-order valence-electron chi connectivity index (χ1n) is 8.71. The van der Waals surface area contributed by atoms with E-state index in [1.807, 2.05) is 0 Å². The summed E-state index contributed by atoms with van der Waals surface area (Å²) < 4.78 is 0. The number of carbonyl (C=O) groups excluding carboxylic acids is 2. The lowest BCUT2D eigenvalue weighted by Gasteiger charge is -2.57. The normalized spacial score (nSPS) is 43.9. The Bertz CT molecular complexity index is 424. The average Bonchev–Trinajstić information content (AvgIpc) is 2.80. The molecule has 4 saturated carbocycles. The molecule has 116 valence electrons. The Kier molecular flexibility index (Phi) is 3.23. The van der Waals surface area contributed by atoms with Crippen molar-refractivity contribution in [1.82, 2.24) is 10.6 Å². The molecule has 0 radical (unpaired) electrons. The third-order valence-electron chi connectivity index (χ3n) is 6.25. The molecule has 5 rings (SSSR count). The van der Waals surface area contributed by atoms with Crippen molar-refractivity contribution in [2.75, 3.05) is 0 Å². The fourth-order valence-corrected chi connectivity index (χ4v) is 5.82. The first kappa shape index (κ1) is 13.6. The van der Waals surface area contributed by atoms with Crippen LogP contribution in [0.2, 0.25) is 0 Å². The van der Waals surface area contributed by atoms with E-state index in [0.29, 0.717) is 12.8 Å². The Balaban J connectivity index is 1.31. The topological polar surface area (TPSA) is 58.2 Å². The molecule has 5 aliphatic rings. The highest BCUT2D eigenvalue weighted by Crippen LogP contribution is 2.55. The molecule has 1 unspecified atom stereocenters. The third-order valence-corrected chi connectivity index (χ3v) is 6.25. The van der Waals surface area contributed by atoms with Crippen LogP contribution in [0, 0.1) is 17.8 Å². The van der Waals surface area contributed by atoms with Gasteiger partial charge in [-0.2, -0.15) is 0 Å². The summed E-state index contributed by atoms with van der Waals surface area (Å²) in [5, 5.41) is 6.36. The molecule has 1 heterocycles. The summed E-state index contributed by atoms with van der Waals surface area (Å²) in [6.07, 6.45) is 10.7. The van der Waals surface area contributed by atoms with E-state index in [2.05, 4.69) is 10.6 Å². The number of carbonyl (C=O) groups is 2. The highest BCUT2D eigenvalue weighted by molar-refractivity contribution is 5.79. The Morgan fingerprint density at radius 3 is 2.29 bits per heavy atom. The minimum Gasteiger partial charge on any atom is -0.353 e. The van der Waals surface area contributed by atoms with Gasteiger partial charge < -0.3 is 10.6 Å². The predicted octanol–water partition coefficient (Wildman–Crippen LogP) is 2.13. The third kappa shape index (κ3) is 2.69. The molecular formula is C17H26N2O2. The second-order valence-electron chi connectivity index (χ2n) is 8.09. The summed E-state index contributed by atoms with van der Waals surface area (Å²) >= 11 is 0. The van der Waals surface area contributed by atoms with E-state index in [0.717, 1.165) is 30.6 Å². The van der Waals surface area contributed by atoms with Gasteiger partial charge in [-0.25, -0.2) is 0 Å². The van der Waals surface area contributed by atoms with Crippen molar-refractivity contribution in [1.29, 1.82) is 0 Å². The number of hydrogen-bond acceptors (Lipinski definition) is 2. The van der Waals surface area contributed by atoms with Crippen LogP contribution in [0.1, 0.15) is 64.2 Å². The molecule has 0 aromatic heterocycles. The van der Waals surface area contributed by atoms with Gasteiger partial charge in [0, 0.05) is 24.4 Å². The van der Waals surface area contributed by atoms with Crippen LogP contribution in [0.5, 0.6) is 0 Å². The van der Waals surface area contributed by atoms with Crippen molar-refractivity contribution in [2.24, 2.45) is 17.8 Å². The lowest BCUT2D eigenvalue weighted by molar-refractivity contribution is -0.127. The van der Waals surface area contributed by atoms with E-state index in [9.17, 15) is 9.59 Å². The van der Waals surface area contributed by atoms with E-state index in [-0.39, 0.29) is 23.4 Å². The van der Waals surface area contributed by atoms with Gasteiger partial charge in [-0.05, 0) is 69.1 Å². The van der Waals surface area contributed by atoms with Gasteiger partial charge in [0.15, 0.2) is 0 Å². The van der Waals surface area contributed by atoms with Crippen LogP contribution < -0.4 is 10.6 Å². The van der Waals surface area contributed by atoms with Crippen LogP contribution in [0.3, 0.4) is 0 Å². The molecule has 2 amide bonds. The highest BCUT2D eigenvalue weighted by Gasteiger charge is 2.51. The maximum Gasteiger partial charge on any atom is 0.220 e. The molecular weight excluding hydrogens is 264 g/mol. The molecule has 4 nitrogen and oxygen atoms in total. The van der Waals surface area contributed by atoms with Gasteiger partial charge in [0.05, 0.1) is 0 Å². The molecule has 0 spiro atoms. The second-order valence-corrected chi connectivity index (χ2v) is 8.09. The van der Waals surface area contributed by atoms with Crippen LogP contribution in [0.15, 0.2) is 0 Å². The van der Waals surface area contributed by atoms with Gasteiger partial charge in [-0.1, -0.05) is 0 Å². The second kappa shape index (κ2) is 4.99. The zero-order chi connectivity index (χ0) is 14.4. The molecule has 1 saturated heterocycles. The van der Waals surface area contributed by atoms with Gasteiger partial charge >= 0.3 is 0 Å². The van der Waals surface area contributed by atoms with Crippen LogP contribution in [0.25, 0.3) is 0 Å². The van der Waals surface area contributed by atoms with Crippen LogP contribution in [0.4, 0.5) is 0 Å². The minimum absolute atomic E-state index is 0.130. The van der Waals surface area contributed by atoms with Crippen LogP contribution >= 0.6 is 0 Å². The zero-order valence-corrected chi connectivity index (χ0v) is 12.7. The van der Waals surface area contributed by atoms with Gasteiger partial charge in [-0.15, -0.1) is 0 Å². The standard InChI is InChI=1S/C17H26N2O2/c20-15-3-1-14(18-15)2-4-16(21)19-17-8-11-5-12(9-17)7-13(6-11)10-17/h11-14H,1-10H2,(H,18,20)(H,19,21). The molecule has 5 fully saturated rings. The van der Waals surface area contributed by atoms with Crippen molar-refractivity contribution in [3.63, 3.8) is 0 Å². The molecule has 21 heavy (non-hydrogen) atoms. The van der Waals surface area contributed by atoms with E-state index < -0.39 is 0 Å². The minimum atomic E-state index is 0.130. The summed E-state index contributed by atoms with van der Waals surface area (Å²) in [5.74, 6) is 2.95. The largest absolute Gasteiger partial charge is 0.353 e. The van der Waals surface area contributed by atoms with E-state index in [1.165, 1.54) is 38.5 Å². The number of nitrogens with one attached hydrogen (secondary N) is 2. The van der Waals surface area contributed by atoms with Crippen molar-refractivity contribution >= 4 is 11.8 Å². The fourth-order valence-electron chi connectivity index (χ4n) is 5.82. The SMILES string of the molecule is O=C1CCC(CCC(=O)NC23CC4CC(CC(C4)C2)C3)N1. The Morgan fingerprint density at radius 1 is 1.14 bits per heavy atom. The molecule has 1 aliphatic heterocycles. The lowest BCUT2D eigenvalue weighted by atomic mass is 9.53. The Hall–Kier alpha value is -1.06. The predicted molar refractivity (Wildman–Crippen MR) is 79.4 cm³/mol. The molecule has 2 N–H and O–H groups in total. The summed E-state index contributed by atoms with van der Waals surface area (Å²) in [6, 6.07) is 0.222. The average molecular weight is 290 g/mol. The van der Waals surface area contributed by atoms with Gasteiger partial charge in [0.2, 0.25) is 11.8 Å². The van der Waals surface area contributed by atoms with E-state index in [1.54, 1.807) is 0 Å². The van der Waals surface area contributed by atoms with Crippen LogP contribution in [-0.4, -0.2) is 23.4 Å². The molecule has 1 atom stereocenters. The monoisotopic (exact) mass is 290 g/mol. The molecule has 0 aromatic carbocycles. The Labute approximate surface area is 126 Å². The first-order chi connectivity index (χ1) is 10.1. The molecule has 4 bridgehead atoms. The van der Waals surface area contributed by atoms with Crippen LogP contribution in [-0.2, 0) is 9.59 Å². The molecule has 4 heteroatoms. The van der Waals surface area contributed by atoms with Crippen molar-refractivity contribution in [2.45, 2.75) is 75.8 Å². The van der Waals surface area contributed by atoms with Crippen molar-refractivity contribution in [3.8, 4) is 0 Å². The van der Waals surface area contributed by atoms with Gasteiger partial charge in [0.25, 0.3) is 0 Å². The maximum absolute atomic E-state index is 12.3. The van der Waals surface area contributed by atoms with Gasteiger partial charge in [-0.3, -0.25) is 9.59 Å². The lowest BCUT2D eigenvalue weighted by Crippen LogP contribution is -2.59. The molecule has 4 aliphatic carbocycles. The summed E-state index contributed by atoms with van der Waals surface area (Å²) in [7, 11) is 0. The Morgan fingerprint density at radius 2 is 1.76 bits per heavy atom. The number of rotatable bonds is 4. The summed E-state index contributed by atoms with van der Waals surface area (Å²) in [5.41, 5.74) is 0.130. The quantitative estimate of drug-likeness (QED) is 0.833. The van der Waals surface area contributed by atoms with E-state index in [4.69, 9.17) is 0 Å². The van der Waals surface area contributed by atoms with Crippen molar-refractivity contribution < 1.29 is 9.59 Å². The summed E-state index contributed by atoms with van der Waals surface area (Å²) in [6.45, 7) is 0. The van der Waals surface area contributed by atoms with Gasteiger partial charge in [0.1, 0.15) is 0 Å². The first-order valence-corrected chi connectivity index (χ1v) is 8.71. The zero-order valence-electron chi connectivity index (χ0n) is 12.7.